The number of carbonyl (C=O) groups excluding carboxylic acids is 1. The van der Waals surface area contributed by atoms with Crippen molar-refractivity contribution in [2.75, 3.05) is 19.6 Å². The highest BCUT2D eigenvalue weighted by atomic mass is 16.5. The maximum absolute atomic E-state index is 11.7. The van der Waals surface area contributed by atoms with Crippen LogP contribution in [0.3, 0.4) is 0 Å². The standard InChI is InChI=1S/C19H24N2O2/c1-2-3-19(22)23-14-4-5-18-15(10-14)16(11-20-18)17-12-21-8-6-13(17)7-9-21/h4-5,10-11,13,17,20H,2-3,6-9,12H2,1H3. The average Bonchev–Trinajstić information content (AvgIpc) is 2.99. The first-order valence-corrected chi connectivity index (χ1v) is 8.78. The zero-order valence-corrected chi connectivity index (χ0v) is 13.7. The van der Waals surface area contributed by atoms with Crippen molar-refractivity contribution in [2.24, 2.45) is 5.92 Å². The Labute approximate surface area is 136 Å². The summed E-state index contributed by atoms with van der Waals surface area (Å²) in [5.41, 5.74) is 2.52. The van der Waals surface area contributed by atoms with Crippen molar-refractivity contribution in [3.8, 4) is 5.75 Å². The fourth-order valence-electron chi connectivity index (χ4n) is 4.20. The first-order chi connectivity index (χ1) is 11.2. The van der Waals surface area contributed by atoms with Crippen molar-refractivity contribution in [2.45, 2.75) is 38.5 Å². The van der Waals surface area contributed by atoms with Gasteiger partial charge in [0, 0.05) is 36.0 Å². The Kier molecular flexibility index (Phi) is 3.85. The lowest BCUT2D eigenvalue weighted by atomic mass is 9.75. The Bertz CT molecular complexity index is 713. The number of carbonyl (C=O) groups is 1. The van der Waals surface area contributed by atoms with Gasteiger partial charge in [-0.1, -0.05) is 6.92 Å². The van der Waals surface area contributed by atoms with E-state index in [2.05, 4.69) is 16.1 Å². The van der Waals surface area contributed by atoms with Crippen LogP contribution in [0.4, 0.5) is 0 Å². The molecule has 4 nitrogen and oxygen atoms in total. The zero-order chi connectivity index (χ0) is 15.8. The number of nitrogens with one attached hydrogen (secondary N) is 1. The van der Waals surface area contributed by atoms with E-state index in [1.165, 1.54) is 36.9 Å². The molecule has 0 radical (unpaired) electrons. The first kappa shape index (κ1) is 14.8. The third kappa shape index (κ3) is 2.76. The molecule has 0 amide bonds. The third-order valence-corrected chi connectivity index (χ3v) is 5.43. The topological polar surface area (TPSA) is 45.3 Å². The summed E-state index contributed by atoms with van der Waals surface area (Å²) in [6, 6.07) is 5.94. The number of nitrogens with zero attached hydrogens (tertiary/aromatic N) is 1. The summed E-state index contributed by atoms with van der Waals surface area (Å²) in [7, 11) is 0. The Morgan fingerprint density at radius 1 is 1.35 bits per heavy atom. The zero-order valence-electron chi connectivity index (χ0n) is 13.7. The molecule has 0 aliphatic carbocycles. The van der Waals surface area contributed by atoms with Gasteiger partial charge in [-0.3, -0.25) is 4.79 Å². The van der Waals surface area contributed by atoms with Gasteiger partial charge in [0.1, 0.15) is 5.75 Å². The summed E-state index contributed by atoms with van der Waals surface area (Å²) < 4.78 is 5.47. The number of hydrogen-bond donors (Lipinski definition) is 1. The number of benzene rings is 1. The van der Waals surface area contributed by atoms with Crippen molar-refractivity contribution < 1.29 is 9.53 Å². The summed E-state index contributed by atoms with van der Waals surface area (Å²) in [5, 5.41) is 1.21. The average molecular weight is 312 g/mol. The molecule has 122 valence electrons. The minimum Gasteiger partial charge on any atom is -0.427 e. The fraction of sp³-hybridized carbons (Fsp3) is 0.526. The molecule has 3 aliphatic heterocycles. The molecule has 4 heterocycles. The summed E-state index contributed by atoms with van der Waals surface area (Å²) in [5.74, 6) is 1.92. The summed E-state index contributed by atoms with van der Waals surface area (Å²) in [6.07, 6.45) is 6.06. The monoisotopic (exact) mass is 312 g/mol. The minimum atomic E-state index is -0.147. The molecule has 23 heavy (non-hydrogen) atoms. The molecule has 0 spiro atoms. The van der Waals surface area contributed by atoms with Crippen LogP contribution >= 0.6 is 0 Å². The highest BCUT2D eigenvalue weighted by Gasteiger charge is 2.35. The van der Waals surface area contributed by atoms with E-state index in [9.17, 15) is 4.79 Å². The van der Waals surface area contributed by atoms with Gasteiger partial charge in [0.2, 0.25) is 0 Å². The van der Waals surface area contributed by atoms with Crippen LogP contribution in [0.15, 0.2) is 24.4 Å². The van der Waals surface area contributed by atoms with Crippen molar-refractivity contribution >= 4 is 16.9 Å². The Morgan fingerprint density at radius 2 is 2.17 bits per heavy atom. The van der Waals surface area contributed by atoms with E-state index in [1.54, 1.807) is 0 Å². The van der Waals surface area contributed by atoms with E-state index < -0.39 is 0 Å². The molecule has 1 unspecified atom stereocenters. The lowest BCUT2D eigenvalue weighted by Gasteiger charge is -2.44. The van der Waals surface area contributed by atoms with Crippen LogP contribution in [0.5, 0.6) is 5.75 Å². The van der Waals surface area contributed by atoms with Crippen molar-refractivity contribution in [1.82, 2.24) is 9.88 Å². The molecule has 1 atom stereocenters. The van der Waals surface area contributed by atoms with E-state index in [1.807, 2.05) is 25.1 Å². The highest BCUT2D eigenvalue weighted by Crippen LogP contribution is 2.41. The van der Waals surface area contributed by atoms with Crippen LogP contribution in [0.1, 0.15) is 44.1 Å². The van der Waals surface area contributed by atoms with Gasteiger partial charge < -0.3 is 14.6 Å². The number of rotatable bonds is 4. The second kappa shape index (κ2) is 6.00. The molecular formula is C19H24N2O2. The minimum absolute atomic E-state index is 0.147. The summed E-state index contributed by atoms with van der Waals surface area (Å²) in [6.45, 7) is 5.66. The van der Waals surface area contributed by atoms with Crippen LogP contribution in [-0.2, 0) is 4.79 Å². The highest BCUT2D eigenvalue weighted by molar-refractivity contribution is 5.86. The van der Waals surface area contributed by atoms with Gasteiger partial charge in [-0.2, -0.15) is 0 Å². The van der Waals surface area contributed by atoms with Crippen LogP contribution in [0.25, 0.3) is 10.9 Å². The predicted molar refractivity (Wildman–Crippen MR) is 90.7 cm³/mol. The molecule has 1 N–H and O–H groups in total. The van der Waals surface area contributed by atoms with E-state index in [0.717, 1.165) is 24.4 Å². The lowest BCUT2D eigenvalue weighted by molar-refractivity contribution is -0.134. The number of aromatic nitrogens is 1. The smallest absolute Gasteiger partial charge is 0.311 e. The third-order valence-electron chi connectivity index (χ3n) is 5.43. The molecule has 3 saturated heterocycles. The summed E-state index contributed by atoms with van der Waals surface area (Å²) >= 11 is 0. The SMILES string of the molecule is CCCC(=O)Oc1ccc2[nH]cc(C3CN4CCC3CC4)c2c1. The van der Waals surface area contributed by atoms with E-state index in [4.69, 9.17) is 4.74 Å². The van der Waals surface area contributed by atoms with Gasteiger partial charge in [0.15, 0.2) is 0 Å². The molecule has 1 aromatic carbocycles. The molecule has 0 saturated carbocycles. The van der Waals surface area contributed by atoms with Gasteiger partial charge in [-0.15, -0.1) is 0 Å². The molecule has 3 fully saturated rings. The second-order valence-corrected chi connectivity index (χ2v) is 6.92. The number of piperidine rings is 3. The predicted octanol–water partition coefficient (Wildman–Crippen LogP) is 3.68. The van der Waals surface area contributed by atoms with Crippen molar-refractivity contribution in [3.63, 3.8) is 0 Å². The molecule has 3 aliphatic rings. The quantitative estimate of drug-likeness (QED) is 0.692. The van der Waals surface area contributed by atoms with E-state index >= 15 is 0 Å². The number of esters is 1. The van der Waals surface area contributed by atoms with Gasteiger partial charge in [-0.05, 0) is 62.0 Å². The number of aromatic amines is 1. The lowest BCUT2D eigenvalue weighted by Crippen LogP contribution is -2.46. The second-order valence-electron chi connectivity index (χ2n) is 6.92. The van der Waals surface area contributed by atoms with Gasteiger partial charge in [-0.25, -0.2) is 0 Å². The van der Waals surface area contributed by atoms with Gasteiger partial charge >= 0.3 is 5.97 Å². The van der Waals surface area contributed by atoms with Crippen LogP contribution in [0.2, 0.25) is 0 Å². The molecule has 5 rings (SSSR count). The van der Waals surface area contributed by atoms with Crippen LogP contribution in [-0.4, -0.2) is 35.5 Å². The van der Waals surface area contributed by atoms with Crippen LogP contribution < -0.4 is 4.74 Å². The Balaban J connectivity index is 1.64. The van der Waals surface area contributed by atoms with E-state index in [-0.39, 0.29) is 5.97 Å². The maximum atomic E-state index is 11.7. The number of fused-ring (bicyclic) bond motifs is 4. The molecule has 2 bridgehead atoms. The van der Waals surface area contributed by atoms with Crippen molar-refractivity contribution in [1.29, 1.82) is 0 Å². The fourth-order valence-corrected chi connectivity index (χ4v) is 4.20. The summed E-state index contributed by atoms with van der Waals surface area (Å²) in [4.78, 5) is 17.7. The van der Waals surface area contributed by atoms with E-state index in [0.29, 0.717) is 18.1 Å². The molecular weight excluding hydrogens is 288 g/mol. The first-order valence-electron chi connectivity index (χ1n) is 8.78. The Morgan fingerprint density at radius 3 is 2.87 bits per heavy atom. The number of ether oxygens (including phenoxy) is 1. The van der Waals surface area contributed by atoms with Gasteiger partial charge in [0.25, 0.3) is 0 Å². The Hall–Kier alpha value is -1.81. The maximum Gasteiger partial charge on any atom is 0.311 e. The number of hydrogen-bond acceptors (Lipinski definition) is 3. The largest absolute Gasteiger partial charge is 0.427 e. The molecule has 2 aromatic rings. The van der Waals surface area contributed by atoms with Crippen LogP contribution in [0, 0.1) is 5.92 Å². The molecule has 1 aromatic heterocycles. The number of H-pyrrole nitrogens is 1. The normalized spacial score (nSPS) is 26.6. The van der Waals surface area contributed by atoms with Crippen molar-refractivity contribution in [3.05, 3.63) is 30.0 Å². The molecule has 4 heteroatoms. The van der Waals surface area contributed by atoms with Gasteiger partial charge in [0.05, 0.1) is 0 Å².